The van der Waals surface area contributed by atoms with Gasteiger partial charge >= 0.3 is 0 Å². The molecule has 2 aliphatic heterocycles. The number of nitrogens with one attached hydrogen (secondary N) is 2. The highest BCUT2D eigenvalue weighted by Crippen LogP contribution is 2.51. The normalized spacial score (nSPS) is 17.0. The van der Waals surface area contributed by atoms with E-state index >= 15 is 0 Å². The SMILES string of the molecule is CCCP(=O)(CCC)Cc1ccccc1Nc1nc(Nc2ccc(N3CCC(N4CCN(C)CC4)CC3)cc2OC)ncc1Cl. The van der Waals surface area contributed by atoms with E-state index in [9.17, 15) is 4.57 Å². The lowest BCUT2D eigenvalue weighted by molar-refractivity contribution is 0.0982. The monoisotopic (exact) mass is 653 g/mol. The summed E-state index contributed by atoms with van der Waals surface area (Å²) in [5.74, 6) is 1.62. The highest BCUT2D eigenvalue weighted by Gasteiger charge is 2.27. The molecular weight excluding hydrogens is 605 g/mol. The molecule has 0 amide bonds. The largest absolute Gasteiger partial charge is 0.494 e. The minimum atomic E-state index is -2.31. The molecule has 2 fully saturated rings. The number of benzene rings is 2. The molecule has 2 N–H and O–H groups in total. The highest BCUT2D eigenvalue weighted by atomic mass is 35.5. The van der Waals surface area contributed by atoms with Crippen molar-refractivity contribution in [3.8, 4) is 5.75 Å². The molecule has 2 aliphatic rings. The van der Waals surface area contributed by atoms with Crippen molar-refractivity contribution < 1.29 is 9.30 Å². The summed E-state index contributed by atoms with van der Waals surface area (Å²) in [6, 6.07) is 14.9. The zero-order chi connectivity index (χ0) is 31.8. The fourth-order valence-corrected chi connectivity index (χ4v) is 9.80. The Morgan fingerprint density at radius 1 is 0.956 bits per heavy atom. The molecule has 3 heterocycles. The van der Waals surface area contributed by atoms with Crippen LogP contribution >= 0.6 is 18.7 Å². The number of rotatable bonds is 13. The molecule has 0 unspecified atom stereocenters. The van der Waals surface area contributed by atoms with Crippen LogP contribution in [0.15, 0.2) is 48.7 Å². The molecular formula is C34H49ClN7O2P. The van der Waals surface area contributed by atoms with E-state index in [4.69, 9.17) is 21.3 Å². The molecule has 0 atom stereocenters. The van der Waals surface area contributed by atoms with Gasteiger partial charge in [0.15, 0.2) is 5.82 Å². The number of anilines is 5. The average molecular weight is 654 g/mol. The van der Waals surface area contributed by atoms with Gasteiger partial charge in [0, 0.05) is 81.2 Å². The maximum atomic E-state index is 13.7. The second kappa shape index (κ2) is 15.6. The predicted octanol–water partition coefficient (Wildman–Crippen LogP) is 7.53. The van der Waals surface area contributed by atoms with Crippen molar-refractivity contribution in [2.75, 3.05) is 81.3 Å². The number of methoxy groups -OCH3 is 1. The Hall–Kier alpha value is -2.84. The quantitative estimate of drug-likeness (QED) is 0.182. The first kappa shape index (κ1) is 33.5. The molecule has 0 radical (unpaired) electrons. The number of nitrogens with zero attached hydrogens (tertiary/aromatic N) is 5. The van der Waals surface area contributed by atoms with Gasteiger partial charge in [0.05, 0.1) is 26.1 Å². The van der Waals surface area contributed by atoms with E-state index in [2.05, 4.69) is 63.3 Å². The van der Waals surface area contributed by atoms with Gasteiger partial charge in [-0.25, -0.2) is 4.98 Å². The molecule has 9 nitrogen and oxygen atoms in total. The van der Waals surface area contributed by atoms with Crippen molar-refractivity contribution in [1.29, 1.82) is 0 Å². The Labute approximate surface area is 274 Å². The van der Waals surface area contributed by atoms with E-state index in [1.54, 1.807) is 13.3 Å². The van der Waals surface area contributed by atoms with Gasteiger partial charge < -0.3 is 29.7 Å². The zero-order valence-electron chi connectivity index (χ0n) is 27.3. The zero-order valence-corrected chi connectivity index (χ0v) is 28.9. The standard InChI is InChI=1S/C34H49ClN7O2P/c1-5-21-45(43,22-6-2)25-26-9-7-8-10-30(26)37-33-29(35)24-36-34(39-33)38-31-12-11-28(23-32(31)44-4)41-15-13-27(14-16-41)42-19-17-40(3)18-20-42/h7-12,23-24,27H,5-6,13-22,25H2,1-4H3,(H2,36,37,38,39). The molecule has 3 aromatic rings. The van der Waals surface area contributed by atoms with E-state index in [0.29, 0.717) is 29.0 Å². The van der Waals surface area contributed by atoms with Crippen LogP contribution in [0.3, 0.4) is 0 Å². The van der Waals surface area contributed by atoms with E-state index < -0.39 is 7.14 Å². The molecule has 45 heavy (non-hydrogen) atoms. The van der Waals surface area contributed by atoms with Crippen LogP contribution in [-0.4, -0.2) is 91.6 Å². The second-order valence-corrected chi connectivity index (χ2v) is 16.1. The molecule has 0 saturated carbocycles. The van der Waals surface area contributed by atoms with Crippen molar-refractivity contribution in [1.82, 2.24) is 19.8 Å². The summed E-state index contributed by atoms with van der Waals surface area (Å²) in [4.78, 5) is 16.7. The summed E-state index contributed by atoms with van der Waals surface area (Å²) in [7, 11) is 1.58. The average Bonchev–Trinajstić information content (AvgIpc) is 3.04. The third kappa shape index (κ3) is 8.70. The number of piperazine rings is 1. The van der Waals surface area contributed by atoms with Crippen LogP contribution in [0.2, 0.25) is 5.02 Å². The first-order valence-electron chi connectivity index (χ1n) is 16.4. The predicted molar refractivity (Wildman–Crippen MR) is 189 cm³/mol. The van der Waals surface area contributed by atoms with Gasteiger partial charge in [-0.05, 0) is 56.5 Å². The maximum absolute atomic E-state index is 13.7. The summed E-state index contributed by atoms with van der Waals surface area (Å²) >= 11 is 6.56. The van der Waals surface area contributed by atoms with Crippen molar-refractivity contribution in [3.05, 3.63) is 59.2 Å². The van der Waals surface area contributed by atoms with Crippen molar-refractivity contribution in [2.45, 2.75) is 51.7 Å². The number of ether oxygens (including phenoxy) is 1. The molecule has 0 bridgehead atoms. The van der Waals surface area contributed by atoms with Crippen LogP contribution in [0.4, 0.5) is 28.8 Å². The Bertz CT molecular complexity index is 1450. The third-order valence-electron chi connectivity index (χ3n) is 9.05. The van der Waals surface area contributed by atoms with Crippen LogP contribution in [0.5, 0.6) is 5.75 Å². The minimum absolute atomic E-state index is 0.404. The molecule has 5 rings (SSSR count). The van der Waals surface area contributed by atoms with Gasteiger partial charge in [-0.3, -0.25) is 4.90 Å². The van der Waals surface area contributed by atoms with Crippen molar-refractivity contribution in [3.63, 3.8) is 0 Å². The van der Waals surface area contributed by atoms with Gasteiger partial charge in [0.25, 0.3) is 0 Å². The number of likely N-dealkylation sites (N-methyl/N-ethyl adjacent to an activating group) is 1. The van der Waals surface area contributed by atoms with E-state index in [1.807, 2.05) is 30.3 Å². The fraction of sp³-hybridized carbons (Fsp3) is 0.529. The molecule has 0 aliphatic carbocycles. The number of para-hydroxylation sites is 1. The first-order chi connectivity index (χ1) is 21.8. The van der Waals surface area contributed by atoms with Gasteiger partial charge in [0.2, 0.25) is 5.95 Å². The lowest BCUT2D eigenvalue weighted by Crippen LogP contribution is -2.52. The number of hydrogen-bond donors (Lipinski definition) is 2. The number of hydrogen-bond acceptors (Lipinski definition) is 9. The van der Waals surface area contributed by atoms with Crippen LogP contribution in [-0.2, 0) is 10.7 Å². The van der Waals surface area contributed by atoms with Crippen LogP contribution in [0, 0.1) is 0 Å². The lowest BCUT2D eigenvalue weighted by atomic mass is 10.0. The number of aromatic nitrogens is 2. The van der Waals surface area contributed by atoms with E-state index in [0.717, 1.165) is 79.7 Å². The second-order valence-electron chi connectivity index (χ2n) is 12.4. The Morgan fingerprint density at radius 2 is 1.67 bits per heavy atom. The van der Waals surface area contributed by atoms with Gasteiger partial charge in [-0.2, -0.15) is 4.98 Å². The fourth-order valence-electron chi connectivity index (χ4n) is 6.59. The molecule has 244 valence electrons. The Kier molecular flexibility index (Phi) is 11.6. The summed E-state index contributed by atoms with van der Waals surface area (Å²) in [5.41, 5.74) is 3.81. The summed E-state index contributed by atoms with van der Waals surface area (Å²) in [5, 5.41) is 7.13. The first-order valence-corrected chi connectivity index (χ1v) is 19.0. The van der Waals surface area contributed by atoms with Crippen LogP contribution in [0.1, 0.15) is 45.1 Å². The topological polar surface area (TPSA) is 85.9 Å². The van der Waals surface area contributed by atoms with Gasteiger partial charge in [-0.15, -0.1) is 0 Å². The smallest absolute Gasteiger partial charge is 0.229 e. The number of halogens is 1. The van der Waals surface area contributed by atoms with Gasteiger partial charge in [0.1, 0.15) is 10.8 Å². The summed E-state index contributed by atoms with van der Waals surface area (Å²) in [6.45, 7) is 10.9. The van der Waals surface area contributed by atoms with Crippen LogP contribution < -0.4 is 20.3 Å². The maximum Gasteiger partial charge on any atom is 0.229 e. The Balaban J connectivity index is 1.26. The third-order valence-corrected chi connectivity index (χ3v) is 12.8. The minimum Gasteiger partial charge on any atom is -0.494 e. The van der Waals surface area contributed by atoms with Crippen molar-refractivity contribution >= 4 is 47.6 Å². The van der Waals surface area contributed by atoms with Crippen LogP contribution in [0.25, 0.3) is 0 Å². The molecule has 2 aromatic carbocycles. The lowest BCUT2D eigenvalue weighted by Gasteiger charge is -2.42. The summed E-state index contributed by atoms with van der Waals surface area (Å²) < 4.78 is 19.5. The summed E-state index contributed by atoms with van der Waals surface area (Å²) in [6.07, 6.45) is 7.85. The Morgan fingerprint density at radius 3 is 2.36 bits per heavy atom. The van der Waals surface area contributed by atoms with E-state index in [-0.39, 0.29) is 0 Å². The van der Waals surface area contributed by atoms with E-state index in [1.165, 1.54) is 25.9 Å². The highest BCUT2D eigenvalue weighted by molar-refractivity contribution is 7.63. The van der Waals surface area contributed by atoms with Gasteiger partial charge in [-0.1, -0.05) is 43.6 Å². The number of piperidine rings is 1. The molecule has 2 saturated heterocycles. The molecule has 11 heteroatoms. The molecule has 1 aromatic heterocycles. The van der Waals surface area contributed by atoms with Crippen molar-refractivity contribution in [2.24, 2.45) is 0 Å². The molecule has 0 spiro atoms.